The van der Waals surface area contributed by atoms with Crippen LogP contribution in [0.3, 0.4) is 0 Å². The molecule has 1 heterocycles. The van der Waals surface area contributed by atoms with Crippen molar-refractivity contribution in [3.05, 3.63) is 48.9 Å². The van der Waals surface area contributed by atoms with Gasteiger partial charge in [-0.1, -0.05) is 128 Å². The van der Waals surface area contributed by atoms with Gasteiger partial charge in [0, 0.05) is 0 Å². The van der Waals surface area contributed by atoms with Crippen LogP contribution in [0.25, 0.3) is 0 Å². The smallest absolute Gasteiger partial charge is 0.106 e. The molecule has 1 atom stereocenters. The highest BCUT2D eigenvalue weighted by Crippen LogP contribution is 2.15. The van der Waals surface area contributed by atoms with E-state index in [2.05, 4.69) is 38.2 Å². The Bertz CT molecular complexity index is 528. The van der Waals surface area contributed by atoms with E-state index in [1.807, 2.05) is 6.08 Å². The van der Waals surface area contributed by atoms with Crippen molar-refractivity contribution >= 4 is 0 Å². The number of rotatable bonds is 21. The molecule has 0 aromatic heterocycles. The first-order chi connectivity index (χ1) is 15.8. The van der Waals surface area contributed by atoms with Gasteiger partial charge in [-0.2, -0.15) is 0 Å². The molecule has 0 aliphatic carbocycles. The first kappa shape index (κ1) is 28.5. The van der Waals surface area contributed by atoms with Crippen LogP contribution in [0.1, 0.15) is 123 Å². The average molecular weight is 447 g/mol. The molecule has 4 nitrogen and oxygen atoms in total. The molecule has 1 aliphatic heterocycles. The van der Waals surface area contributed by atoms with Gasteiger partial charge < -0.3 is 0 Å². The van der Waals surface area contributed by atoms with Crippen LogP contribution in [-0.4, -0.2) is 21.7 Å². The van der Waals surface area contributed by atoms with E-state index in [9.17, 15) is 5.21 Å². The lowest BCUT2D eigenvalue weighted by Gasteiger charge is -2.30. The summed E-state index contributed by atoms with van der Waals surface area (Å²) in [6.45, 7) is 4.51. The zero-order valence-corrected chi connectivity index (χ0v) is 21.0. The normalized spacial score (nSPS) is 15.0. The lowest BCUT2D eigenvalue weighted by molar-refractivity contribution is -0.349. The predicted octanol–water partition coefficient (Wildman–Crippen LogP) is 9.02. The minimum Gasteiger partial charge on any atom is -0.267 e. The first-order valence-electron chi connectivity index (χ1n) is 13.4. The zero-order valence-electron chi connectivity index (χ0n) is 21.0. The molecule has 1 unspecified atom stereocenters. The number of hydrogen-bond donors (Lipinski definition) is 1. The molecule has 0 aromatic rings. The van der Waals surface area contributed by atoms with Gasteiger partial charge in [-0.15, -0.1) is 10.3 Å². The second kappa shape index (κ2) is 21.3. The summed E-state index contributed by atoms with van der Waals surface area (Å²) in [7, 11) is 0. The van der Waals surface area contributed by atoms with E-state index in [1.54, 1.807) is 18.5 Å². The largest absolute Gasteiger partial charge is 0.267 e. The Balaban J connectivity index is 2.15. The van der Waals surface area contributed by atoms with E-state index in [1.165, 1.54) is 95.1 Å². The summed E-state index contributed by atoms with van der Waals surface area (Å²) < 4.78 is 0. The maximum Gasteiger partial charge on any atom is 0.106 e. The summed E-state index contributed by atoms with van der Waals surface area (Å²) in [5.41, 5.74) is 0. The molecular formula is C28H50N2O2. The minimum atomic E-state index is -0.0516. The molecule has 184 valence electrons. The molecule has 32 heavy (non-hydrogen) atoms. The highest BCUT2D eigenvalue weighted by atomic mass is 16.8. The van der Waals surface area contributed by atoms with E-state index < -0.39 is 0 Å². The number of unbranched alkanes of at least 4 members (excludes halogenated alkanes) is 14. The number of nitrogens with zero attached hydrogens (tertiary/aromatic N) is 2. The lowest BCUT2D eigenvalue weighted by atomic mass is 10.1. The van der Waals surface area contributed by atoms with Crippen LogP contribution in [0, 0.1) is 0 Å². The topological polar surface area (TPSA) is 35.9 Å². The van der Waals surface area contributed by atoms with E-state index in [0.717, 1.165) is 24.4 Å². The van der Waals surface area contributed by atoms with Gasteiger partial charge in [-0.3, -0.25) is 5.21 Å². The molecule has 1 aliphatic rings. The standard InChI is InChI=1S/C28H50N2O2/c1-3-5-7-9-10-11-12-13-14-15-16-17-18-19-21-25-28(24-20-8-6-4-2)32-30-27-23-22-26-29(30)31/h18-19,21-23,25-28,31H,3-17,20,24H2,1-2H3/b19-18+,25-21+. The van der Waals surface area contributed by atoms with Crippen LogP contribution in [0.15, 0.2) is 48.9 Å². The third-order valence-corrected chi connectivity index (χ3v) is 5.88. The van der Waals surface area contributed by atoms with Gasteiger partial charge in [0.05, 0.1) is 12.4 Å². The first-order valence-corrected chi connectivity index (χ1v) is 13.4. The lowest BCUT2D eigenvalue weighted by Crippen LogP contribution is -2.36. The Kier molecular flexibility index (Phi) is 19.0. The van der Waals surface area contributed by atoms with E-state index in [0.29, 0.717) is 0 Å². The highest BCUT2D eigenvalue weighted by Gasteiger charge is 2.14. The van der Waals surface area contributed by atoms with Gasteiger partial charge in [0.15, 0.2) is 0 Å². The van der Waals surface area contributed by atoms with Crippen LogP contribution < -0.4 is 0 Å². The molecule has 0 radical (unpaired) electrons. The van der Waals surface area contributed by atoms with Crippen LogP contribution in [-0.2, 0) is 4.84 Å². The molecule has 0 saturated carbocycles. The Morgan fingerprint density at radius 2 is 1.28 bits per heavy atom. The van der Waals surface area contributed by atoms with Gasteiger partial charge in [-0.25, -0.2) is 4.84 Å². The van der Waals surface area contributed by atoms with Crippen molar-refractivity contribution in [2.75, 3.05) is 0 Å². The number of hydrogen-bond acceptors (Lipinski definition) is 4. The van der Waals surface area contributed by atoms with E-state index in [4.69, 9.17) is 4.84 Å². The molecular weight excluding hydrogens is 396 g/mol. The quantitative estimate of drug-likeness (QED) is 0.141. The van der Waals surface area contributed by atoms with E-state index in [-0.39, 0.29) is 6.10 Å². The SMILES string of the molecule is CCCCCCCCCCCCC/C=C/C=C/C(CCCCCC)ON1C=CC=CN1O. The third kappa shape index (κ3) is 16.2. The summed E-state index contributed by atoms with van der Waals surface area (Å²) in [6, 6.07) is 0. The van der Waals surface area contributed by atoms with Crippen molar-refractivity contribution in [1.82, 2.24) is 10.3 Å². The fourth-order valence-corrected chi connectivity index (χ4v) is 3.85. The molecule has 0 amide bonds. The number of allylic oxidation sites excluding steroid dienone is 5. The van der Waals surface area contributed by atoms with Crippen LogP contribution >= 0.6 is 0 Å². The zero-order chi connectivity index (χ0) is 23.1. The Hall–Kier alpha value is -1.52. The Morgan fingerprint density at radius 1 is 0.719 bits per heavy atom. The minimum absolute atomic E-state index is 0.0516. The monoisotopic (exact) mass is 446 g/mol. The van der Waals surface area contributed by atoms with Crippen LogP contribution in [0.4, 0.5) is 0 Å². The second-order valence-electron chi connectivity index (χ2n) is 8.94. The summed E-state index contributed by atoms with van der Waals surface area (Å²) >= 11 is 0. The highest BCUT2D eigenvalue weighted by molar-refractivity contribution is 5.06. The summed E-state index contributed by atoms with van der Waals surface area (Å²) in [6.07, 6.45) is 37.6. The van der Waals surface area contributed by atoms with Crippen molar-refractivity contribution < 1.29 is 10.0 Å². The van der Waals surface area contributed by atoms with Crippen LogP contribution in [0.2, 0.25) is 0 Å². The number of hydroxylamine groups is 2. The van der Waals surface area contributed by atoms with Crippen molar-refractivity contribution in [2.45, 2.75) is 129 Å². The Labute approximate surface area is 198 Å². The van der Waals surface area contributed by atoms with Crippen molar-refractivity contribution in [2.24, 2.45) is 0 Å². The molecule has 0 saturated heterocycles. The molecule has 0 fully saturated rings. The van der Waals surface area contributed by atoms with Gasteiger partial charge in [0.25, 0.3) is 0 Å². The second-order valence-corrected chi connectivity index (χ2v) is 8.94. The fourth-order valence-electron chi connectivity index (χ4n) is 3.85. The molecule has 0 spiro atoms. The molecule has 0 bridgehead atoms. The maximum atomic E-state index is 9.89. The Morgan fingerprint density at radius 3 is 1.91 bits per heavy atom. The van der Waals surface area contributed by atoms with Gasteiger partial charge in [-0.05, 0) is 31.4 Å². The summed E-state index contributed by atoms with van der Waals surface area (Å²) in [5.74, 6) is 0. The number of hydrazine groups is 1. The van der Waals surface area contributed by atoms with Crippen molar-refractivity contribution in [1.29, 1.82) is 0 Å². The van der Waals surface area contributed by atoms with E-state index >= 15 is 0 Å². The molecule has 1 rings (SSSR count). The van der Waals surface area contributed by atoms with Crippen molar-refractivity contribution in [3.8, 4) is 0 Å². The molecule has 0 aromatic carbocycles. The maximum absolute atomic E-state index is 9.89. The summed E-state index contributed by atoms with van der Waals surface area (Å²) in [5, 5.41) is 12.2. The fraction of sp³-hybridized carbons (Fsp3) is 0.714. The van der Waals surface area contributed by atoms with Gasteiger partial charge in [0.1, 0.15) is 6.10 Å². The molecule has 1 N–H and O–H groups in total. The molecule has 4 heteroatoms. The van der Waals surface area contributed by atoms with Crippen LogP contribution in [0.5, 0.6) is 0 Å². The van der Waals surface area contributed by atoms with Gasteiger partial charge in [0.2, 0.25) is 0 Å². The average Bonchev–Trinajstić information content (AvgIpc) is 2.80. The third-order valence-electron chi connectivity index (χ3n) is 5.88. The summed E-state index contributed by atoms with van der Waals surface area (Å²) in [4.78, 5) is 5.95. The van der Waals surface area contributed by atoms with Gasteiger partial charge >= 0.3 is 0 Å². The van der Waals surface area contributed by atoms with Crippen molar-refractivity contribution in [3.63, 3.8) is 0 Å². The predicted molar refractivity (Wildman–Crippen MR) is 137 cm³/mol.